The summed E-state index contributed by atoms with van der Waals surface area (Å²) in [7, 11) is 0. The third-order valence-corrected chi connectivity index (χ3v) is 4.74. The van der Waals surface area contributed by atoms with Crippen LogP contribution in [0, 0.1) is 0 Å². The molecule has 17 heavy (non-hydrogen) atoms. The quantitative estimate of drug-likeness (QED) is 0.608. The number of esters is 1. The van der Waals surface area contributed by atoms with E-state index in [1.165, 1.54) is 0 Å². The van der Waals surface area contributed by atoms with E-state index in [9.17, 15) is 4.79 Å². The van der Waals surface area contributed by atoms with Crippen LogP contribution in [0.1, 0.15) is 21.8 Å². The van der Waals surface area contributed by atoms with Crippen molar-refractivity contribution < 1.29 is 9.53 Å². The topological polar surface area (TPSA) is 26.3 Å². The third kappa shape index (κ3) is 1.73. The first kappa shape index (κ1) is 10.7. The van der Waals surface area contributed by atoms with Crippen LogP contribution in [0.5, 0.6) is 0 Å². The number of hydrogen-bond donors (Lipinski definition) is 0. The van der Waals surface area contributed by atoms with Crippen LogP contribution in [0.4, 0.5) is 0 Å². The minimum atomic E-state index is -0.276. The first-order chi connectivity index (χ1) is 8.27. The normalized spacial score (nSPS) is 24.0. The molecule has 86 valence electrons. The van der Waals surface area contributed by atoms with Crippen molar-refractivity contribution in [1.82, 2.24) is 0 Å². The molecule has 0 unspecified atom stereocenters. The van der Waals surface area contributed by atoms with E-state index < -0.39 is 0 Å². The van der Waals surface area contributed by atoms with Crippen LogP contribution in [0.3, 0.4) is 0 Å². The Balaban J connectivity index is 2.03. The van der Waals surface area contributed by atoms with Crippen LogP contribution >= 0.6 is 22.7 Å². The number of rotatable bonds is 2. The highest BCUT2D eigenvalue weighted by Gasteiger charge is 2.41. The van der Waals surface area contributed by atoms with Gasteiger partial charge < -0.3 is 4.74 Å². The summed E-state index contributed by atoms with van der Waals surface area (Å²) in [6.07, 6.45) is -0.200. The highest BCUT2D eigenvalue weighted by molar-refractivity contribution is 7.10. The Morgan fingerprint density at radius 2 is 1.76 bits per heavy atom. The Morgan fingerprint density at radius 3 is 2.35 bits per heavy atom. The molecule has 0 radical (unpaired) electrons. The summed E-state index contributed by atoms with van der Waals surface area (Å²) in [6, 6.07) is 7.99. The van der Waals surface area contributed by atoms with Crippen LogP contribution in [0.15, 0.2) is 47.2 Å². The van der Waals surface area contributed by atoms with Gasteiger partial charge >= 0.3 is 5.97 Å². The molecular formula is C13H10O2S2. The Hall–Kier alpha value is -1.39. The molecule has 1 aliphatic rings. The van der Waals surface area contributed by atoms with Gasteiger partial charge in [0.1, 0.15) is 6.10 Å². The zero-order chi connectivity index (χ0) is 11.8. The molecule has 1 fully saturated rings. The van der Waals surface area contributed by atoms with E-state index in [2.05, 4.69) is 6.58 Å². The maximum Gasteiger partial charge on any atom is 0.334 e. The van der Waals surface area contributed by atoms with Crippen molar-refractivity contribution in [2.24, 2.45) is 0 Å². The standard InChI is InChI=1S/C13H10O2S2/c1-8-11(9-4-2-6-16-9)12(15-13(8)14)10-5-3-7-17-10/h2-7,11-12H,1H2/t11-,12+/m1/s1. The molecule has 2 atom stereocenters. The van der Waals surface area contributed by atoms with Crippen molar-refractivity contribution in [3.05, 3.63) is 56.9 Å². The summed E-state index contributed by atoms with van der Waals surface area (Å²) in [5.41, 5.74) is 0.561. The predicted molar refractivity (Wildman–Crippen MR) is 69.4 cm³/mol. The van der Waals surface area contributed by atoms with Crippen molar-refractivity contribution in [2.45, 2.75) is 12.0 Å². The fraction of sp³-hybridized carbons (Fsp3) is 0.154. The van der Waals surface area contributed by atoms with E-state index >= 15 is 0 Å². The summed E-state index contributed by atoms with van der Waals surface area (Å²) in [5.74, 6) is -0.303. The number of carbonyl (C=O) groups excluding carboxylic acids is 1. The van der Waals surface area contributed by atoms with Crippen LogP contribution in [-0.4, -0.2) is 5.97 Å². The van der Waals surface area contributed by atoms with E-state index in [1.807, 2.05) is 35.0 Å². The molecule has 0 amide bonds. The van der Waals surface area contributed by atoms with E-state index in [0.29, 0.717) is 5.57 Å². The molecule has 1 saturated heterocycles. The molecule has 0 N–H and O–H groups in total. The largest absolute Gasteiger partial charge is 0.452 e. The van der Waals surface area contributed by atoms with Gasteiger partial charge in [0.2, 0.25) is 0 Å². The molecule has 0 spiro atoms. The van der Waals surface area contributed by atoms with Crippen molar-refractivity contribution in [3.8, 4) is 0 Å². The fourth-order valence-electron chi connectivity index (χ4n) is 2.03. The average molecular weight is 262 g/mol. The Labute approximate surface area is 107 Å². The molecule has 3 heterocycles. The van der Waals surface area contributed by atoms with E-state index in [0.717, 1.165) is 9.75 Å². The Morgan fingerprint density at radius 1 is 1.12 bits per heavy atom. The van der Waals surface area contributed by atoms with E-state index in [1.54, 1.807) is 22.7 Å². The number of ether oxygens (including phenoxy) is 1. The number of cyclic esters (lactones) is 1. The molecule has 0 aliphatic carbocycles. The highest BCUT2D eigenvalue weighted by Crippen LogP contribution is 2.47. The van der Waals surface area contributed by atoms with Gasteiger partial charge in [0.25, 0.3) is 0 Å². The van der Waals surface area contributed by atoms with Gasteiger partial charge in [-0.2, -0.15) is 0 Å². The fourth-order valence-corrected chi connectivity index (χ4v) is 3.71. The number of hydrogen-bond acceptors (Lipinski definition) is 4. The van der Waals surface area contributed by atoms with Gasteiger partial charge in [0, 0.05) is 15.3 Å². The minimum Gasteiger partial charge on any atom is -0.452 e. The van der Waals surface area contributed by atoms with Crippen molar-refractivity contribution in [1.29, 1.82) is 0 Å². The number of carbonyl (C=O) groups is 1. The molecule has 3 rings (SSSR count). The van der Waals surface area contributed by atoms with Crippen LogP contribution in [0.2, 0.25) is 0 Å². The first-order valence-corrected chi connectivity index (χ1v) is 7.00. The maximum atomic E-state index is 11.7. The van der Waals surface area contributed by atoms with Gasteiger partial charge in [-0.05, 0) is 22.9 Å². The van der Waals surface area contributed by atoms with Gasteiger partial charge in [0.15, 0.2) is 0 Å². The lowest BCUT2D eigenvalue weighted by Gasteiger charge is -2.14. The summed E-state index contributed by atoms with van der Waals surface area (Å²) in [6.45, 7) is 3.87. The molecule has 0 bridgehead atoms. The van der Waals surface area contributed by atoms with Gasteiger partial charge in [0.05, 0.1) is 5.92 Å². The molecular weight excluding hydrogens is 252 g/mol. The van der Waals surface area contributed by atoms with Crippen molar-refractivity contribution >= 4 is 28.6 Å². The molecule has 4 heteroatoms. The summed E-state index contributed by atoms with van der Waals surface area (Å²) in [5, 5.41) is 4.01. The van der Waals surface area contributed by atoms with E-state index in [-0.39, 0.29) is 18.0 Å². The zero-order valence-electron chi connectivity index (χ0n) is 8.96. The summed E-state index contributed by atoms with van der Waals surface area (Å²) >= 11 is 3.25. The second-order valence-electron chi connectivity index (χ2n) is 3.86. The van der Waals surface area contributed by atoms with Gasteiger partial charge in [-0.25, -0.2) is 4.79 Å². The molecule has 1 aliphatic heterocycles. The van der Waals surface area contributed by atoms with Gasteiger partial charge in [-0.1, -0.05) is 18.7 Å². The lowest BCUT2D eigenvalue weighted by molar-refractivity contribution is -0.139. The third-order valence-electron chi connectivity index (χ3n) is 2.85. The zero-order valence-corrected chi connectivity index (χ0v) is 10.6. The van der Waals surface area contributed by atoms with Crippen molar-refractivity contribution in [3.63, 3.8) is 0 Å². The monoisotopic (exact) mass is 262 g/mol. The van der Waals surface area contributed by atoms with Gasteiger partial charge in [-0.3, -0.25) is 0 Å². The molecule has 0 saturated carbocycles. The second kappa shape index (κ2) is 4.13. The van der Waals surface area contributed by atoms with Crippen LogP contribution in [0.25, 0.3) is 0 Å². The van der Waals surface area contributed by atoms with Crippen LogP contribution in [-0.2, 0) is 9.53 Å². The lowest BCUT2D eigenvalue weighted by atomic mass is 9.94. The van der Waals surface area contributed by atoms with Crippen molar-refractivity contribution in [2.75, 3.05) is 0 Å². The SMILES string of the molecule is C=C1C(=O)O[C@@H](c2cccs2)[C@H]1c1cccs1. The Kier molecular flexibility index (Phi) is 2.61. The first-order valence-electron chi connectivity index (χ1n) is 5.24. The predicted octanol–water partition coefficient (Wildman–Crippen LogP) is 3.75. The lowest BCUT2D eigenvalue weighted by Crippen LogP contribution is -2.03. The molecule has 2 nitrogen and oxygen atoms in total. The smallest absolute Gasteiger partial charge is 0.334 e. The average Bonchev–Trinajstić information content (AvgIpc) is 3.01. The Bertz CT molecular complexity index is 540. The summed E-state index contributed by atoms with van der Waals surface area (Å²) in [4.78, 5) is 13.9. The number of thiophene rings is 2. The minimum absolute atomic E-state index is 0.0267. The van der Waals surface area contributed by atoms with E-state index in [4.69, 9.17) is 4.74 Å². The molecule has 0 aromatic carbocycles. The van der Waals surface area contributed by atoms with Crippen LogP contribution < -0.4 is 0 Å². The van der Waals surface area contributed by atoms with Gasteiger partial charge in [-0.15, -0.1) is 22.7 Å². The maximum absolute atomic E-state index is 11.7. The molecule has 2 aromatic rings. The second-order valence-corrected chi connectivity index (χ2v) is 5.82. The molecule has 2 aromatic heterocycles. The highest BCUT2D eigenvalue weighted by atomic mass is 32.1. The summed E-state index contributed by atoms with van der Waals surface area (Å²) < 4.78 is 5.43.